The van der Waals surface area contributed by atoms with E-state index in [9.17, 15) is 0 Å². The predicted molar refractivity (Wildman–Crippen MR) is 96.9 cm³/mol. The molecule has 0 unspecified atom stereocenters. The van der Waals surface area contributed by atoms with Crippen molar-refractivity contribution >= 4 is 29.9 Å². The first-order valence-electron chi connectivity index (χ1n) is 7.67. The van der Waals surface area contributed by atoms with E-state index in [1.54, 1.807) is 0 Å². The quantitative estimate of drug-likeness (QED) is 0.454. The van der Waals surface area contributed by atoms with Crippen LogP contribution < -0.4 is 10.6 Å². The molecule has 2 saturated carbocycles. The molecule has 2 fully saturated rings. The number of aromatic nitrogens is 1. The first-order valence-corrected chi connectivity index (χ1v) is 7.67. The summed E-state index contributed by atoms with van der Waals surface area (Å²) < 4.78 is 0. The van der Waals surface area contributed by atoms with E-state index in [0.29, 0.717) is 5.41 Å². The van der Waals surface area contributed by atoms with E-state index in [0.717, 1.165) is 30.7 Å². The van der Waals surface area contributed by atoms with Gasteiger partial charge >= 0.3 is 0 Å². The molecule has 2 aliphatic rings. The van der Waals surface area contributed by atoms with Crippen molar-refractivity contribution in [2.75, 3.05) is 13.6 Å². The van der Waals surface area contributed by atoms with Gasteiger partial charge in [-0.05, 0) is 49.1 Å². The van der Waals surface area contributed by atoms with Gasteiger partial charge in [-0.15, -0.1) is 24.0 Å². The molecule has 1 aromatic heterocycles. The van der Waals surface area contributed by atoms with Crippen LogP contribution >= 0.6 is 24.0 Å². The highest BCUT2D eigenvalue weighted by Gasteiger charge is 2.48. The minimum atomic E-state index is 0. The number of pyridine rings is 1. The highest BCUT2D eigenvalue weighted by Crippen LogP contribution is 2.56. The summed E-state index contributed by atoms with van der Waals surface area (Å²) in [5, 5.41) is 6.86. The second kappa shape index (κ2) is 7.42. The van der Waals surface area contributed by atoms with E-state index >= 15 is 0 Å². The van der Waals surface area contributed by atoms with Gasteiger partial charge in [-0.1, -0.05) is 12.5 Å². The van der Waals surface area contributed by atoms with Crippen molar-refractivity contribution in [3.8, 4) is 0 Å². The van der Waals surface area contributed by atoms with Crippen LogP contribution in [0.2, 0.25) is 0 Å². The third-order valence-corrected chi connectivity index (χ3v) is 4.79. The van der Waals surface area contributed by atoms with Gasteiger partial charge in [0.1, 0.15) is 0 Å². The fourth-order valence-corrected chi connectivity index (χ4v) is 3.21. The number of nitrogens with zero attached hydrogens (tertiary/aromatic N) is 2. The average Bonchev–Trinajstić information content (AvgIpc) is 3.27. The lowest BCUT2D eigenvalue weighted by Gasteiger charge is -2.43. The molecule has 1 aromatic rings. The summed E-state index contributed by atoms with van der Waals surface area (Å²) in [7, 11) is 1.83. The van der Waals surface area contributed by atoms with Gasteiger partial charge in [0.25, 0.3) is 0 Å². The van der Waals surface area contributed by atoms with E-state index < -0.39 is 0 Å². The molecule has 3 rings (SSSR count). The van der Waals surface area contributed by atoms with E-state index in [1.807, 2.05) is 31.4 Å². The zero-order chi connectivity index (χ0) is 13.8. The summed E-state index contributed by atoms with van der Waals surface area (Å²) in [5.41, 5.74) is 1.61. The van der Waals surface area contributed by atoms with Gasteiger partial charge in [0.15, 0.2) is 5.96 Å². The van der Waals surface area contributed by atoms with Crippen molar-refractivity contribution in [2.24, 2.45) is 16.3 Å². The molecule has 0 bridgehead atoms. The Kier molecular flexibility index (Phi) is 5.84. The third-order valence-electron chi connectivity index (χ3n) is 4.79. The Morgan fingerprint density at radius 2 is 2.14 bits per heavy atom. The average molecular weight is 400 g/mol. The molecule has 0 atom stereocenters. The monoisotopic (exact) mass is 400 g/mol. The molecular weight excluding hydrogens is 375 g/mol. The summed E-state index contributed by atoms with van der Waals surface area (Å²) in [6.07, 6.45) is 8.87. The largest absolute Gasteiger partial charge is 0.356 e. The van der Waals surface area contributed by atoms with Gasteiger partial charge in [0, 0.05) is 19.8 Å². The van der Waals surface area contributed by atoms with Crippen LogP contribution in [0.1, 0.15) is 37.8 Å². The van der Waals surface area contributed by atoms with Crippen LogP contribution in [0.4, 0.5) is 0 Å². The zero-order valence-corrected chi connectivity index (χ0v) is 15.0. The number of hydrogen-bond acceptors (Lipinski definition) is 2. The Morgan fingerprint density at radius 1 is 1.33 bits per heavy atom. The van der Waals surface area contributed by atoms with Crippen molar-refractivity contribution < 1.29 is 0 Å². The first-order chi connectivity index (χ1) is 9.82. The Labute approximate surface area is 144 Å². The Bertz CT molecular complexity index is 466. The number of rotatable bonds is 5. The zero-order valence-electron chi connectivity index (χ0n) is 12.6. The second-order valence-corrected chi connectivity index (χ2v) is 6.09. The van der Waals surface area contributed by atoms with Crippen LogP contribution in [0.3, 0.4) is 0 Å². The molecule has 5 heteroatoms. The van der Waals surface area contributed by atoms with Crippen LogP contribution in [0.5, 0.6) is 0 Å². The minimum absolute atomic E-state index is 0. The van der Waals surface area contributed by atoms with E-state index in [1.165, 1.54) is 32.1 Å². The van der Waals surface area contributed by atoms with Crippen LogP contribution in [0.25, 0.3) is 0 Å². The normalized spacial score (nSPS) is 20.1. The number of hydrogen-bond donors (Lipinski definition) is 2. The van der Waals surface area contributed by atoms with Crippen LogP contribution in [-0.4, -0.2) is 24.5 Å². The lowest BCUT2D eigenvalue weighted by molar-refractivity contribution is 0.106. The summed E-state index contributed by atoms with van der Waals surface area (Å²) in [4.78, 5) is 8.63. The highest BCUT2D eigenvalue weighted by atomic mass is 127. The van der Waals surface area contributed by atoms with Crippen molar-refractivity contribution in [3.05, 3.63) is 30.1 Å². The Balaban J connectivity index is 0.00000161. The van der Waals surface area contributed by atoms with Gasteiger partial charge in [-0.25, -0.2) is 0 Å². The van der Waals surface area contributed by atoms with E-state index in [-0.39, 0.29) is 24.0 Å². The summed E-state index contributed by atoms with van der Waals surface area (Å²) in [6, 6.07) is 5.97. The molecule has 4 nitrogen and oxygen atoms in total. The number of aliphatic imine (C=N–C) groups is 1. The van der Waals surface area contributed by atoms with Gasteiger partial charge in [-0.3, -0.25) is 9.98 Å². The molecule has 0 spiro atoms. The smallest absolute Gasteiger partial charge is 0.191 e. The second-order valence-electron chi connectivity index (χ2n) is 6.09. The molecular formula is C16H25IN4. The standard InChI is InChI=1S/C16H24N4.HI/c1-17-15(19-11-14-5-2-3-10-18-14)20-12-16(8-4-9-16)13-6-7-13;/h2-3,5,10,13H,4,6-9,11-12H2,1H3,(H2,17,19,20);1H. The van der Waals surface area contributed by atoms with E-state index in [4.69, 9.17) is 0 Å². The molecule has 21 heavy (non-hydrogen) atoms. The topological polar surface area (TPSA) is 49.3 Å². The molecule has 0 saturated heterocycles. The van der Waals surface area contributed by atoms with Gasteiger partial charge in [0.2, 0.25) is 0 Å². The molecule has 116 valence electrons. The number of nitrogens with one attached hydrogen (secondary N) is 2. The molecule has 0 amide bonds. The first kappa shape index (κ1) is 16.5. The fourth-order valence-electron chi connectivity index (χ4n) is 3.21. The van der Waals surface area contributed by atoms with E-state index in [2.05, 4.69) is 20.6 Å². The summed E-state index contributed by atoms with van der Waals surface area (Å²) in [6.45, 7) is 1.79. The van der Waals surface area contributed by atoms with Crippen molar-refractivity contribution in [2.45, 2.75) is 38.6 Å². The van der Waals surface area contributed by atoms with Crippen LogP contribution in [0.15, 0.2) is 29.4 Å². The van der Waals surface area contributed by atoms with Gasteiger partial charge in [-0.2, -0.15) is 0 Å². The maximum atomic E-state index is 4.31. The van der Waals surface area contributed by atoms with Crippen molar-refractivity contribution in [3.63, 3.8) is 0 Å². The maximum Gasteiger partial charge on any atom is 0.191 e. The third kappa shape index (κ3) is 4.08. The number of halogens is 1. The SMILES string of the molecule is CN=C(NCc1ccccn1)NCC1(C2CC2)CCC1.I. The summed E-state index contributed by atoms with van der Waals surface area (Å²) >= 11 is 0. The minimum Gasteiger partial charge on any atom is -0.356 e. The Morgan fingerprint density at radius 3 is 2.67 bits per heavy atom. The van der Waals surface area contributed by atoms with Crippen molar-refractivity contribution in [1.82, 2.24) is 15.6 Å². The molecule has 1 heterocycles. The molecule has 0 aliphatic heterocycles. The lowest BCUT2D eigenvalue weighted by Crippen LogP contribution is -2.47. The fraction of sp³-hybridized carbons (Fsp3) is 0.625. The van der Waals surface area contributed by atoms with Crippen LogP contribution in [0, 0.1) is 11.3 Å². The maximum absolute atomic E-state index is 4.31. The highest BCUT2D eigenvalue weighted by molar-refractivity contribution is 14.0. The van der Waals surface area contributed by atoms with Gasteiger partial charge < -0.3 is 10.6 Å². The molecule has 0 radical (unpaired) electrons. The van der Waals surface area contributed by atoms with Gasteiger partial charge in [0.05, 0.1) is 12.2 Å². The Hall–Kier alpha value is -0.850. The predicted octanol–water partition coefficient (Wildman–Crippen LogP) is 2.94. The number of guanidine groups is 1. The summed E-state index contributed by atoms with van der Waals surface area (Å²) in [5.74, 6) is 1.86. The molecule has 0 aromatic carbocycles. The van der Waals surface area contributed by atoms with Crippen LogP contribution in [-0.2, 0) is 6.54 Å². The molecule has 2 aliphatic carbocycles. The lowest BCUT2D eigenvalue weighted by atomic mass is 9.65. The molecule has 2 N–H and O–H groups in total. The van der Waals surface area contributed by atoms with Crippen molar-refractivity contribution in [1.29, 1.82) is 0 Å².